The molecule has 0 radical (unpaired) electrons. The second-order valence-corrected chi connectivity index (χ2v) is 18.1. The number of rotatable bonds is 3. The van der Waals surface area contributed by atoms with Crippen molar-refractivity contribution in [3.63, 3.8) is 0 Å². The van der Waals surface area contributed by atoms with E-state index in [1.54, 1.807) is 10.4 Å². The fourth-order valence-corrected chi connectivity index (χ4v) is 16.9. The predicted octanol–water partition coefficient (Wildman–Crippen LogP) is 5.68. The molecule has 0 atom stereocenters. The number of halogens is 1. The maximum atomic E-state index is 3.58. The molecule has 0 amide bonds. The first kappa shape index (κ1) is 19.4. The van der Waals surface area contributed by atoms with Gasteiger partial charge in [-0.3, -0.25) is 0 Å². The van der Waals surface area contributed by atoms with Crippen LogP contribution in [0.5, 0.6) is 0 Å². The molecule has 0 unspecified atom stereocenters. The van der Waals surface area contributed by atoms with Crippen LogP contribution in [0.15, 0.2) is 89.5 Å². The number of hydrogen-bond acceptors (Lipinski definition) is 1. The van der Waals surface area contributed by atoms with Crippen LogP contribution in [0, 0.1) is 0 Å². The highest BCUT2D eigenvalue weighted by Gasteiger charge is 2.50. The lowest BCUT2D eigenvalue weighted by molar-refractivity contribution is 0.864. The van der Waals surface area contributed by atoms with Crippen LogP contribution in [0.4, 0.5) is 0 Å². The maximum Gasteiger partial charge on any atom is 0.173 e. The van der Waals surface area contributed by atoms with Crippen LogP contribution in [0.25, 0.3) is 5.57 Å². The predicted molar refractivity (Wildman–Crippen MR) is 130 cm³/mol. The Bertz CT molecular complexity index is 989. The highest BCUT2D eigenvalue weighted by atomic mass is 79.9. The van der Waals surface area contributed by atoms with Crippen LogP contribution < -0.4 is 10.4 Å². The lowest BCUT2D eigenvalue weighted by Gasteiger charge is -2.39. The highest BCUT2D eigenvalue weighted by molar-refractivity contribution is 9.10. The Morgan fingerprint density at radius 3 is 1.68 bits per heavy atom. The molecule has 1 aliphatic heterocycles. The topological polar surface area (TPSA) is 3.24 Å². The summed E-state index contributed by atoms with van der Waals surface area (Å²) in [4.78, 5) is 0. The van der Waals surface area contributed by atoms with E-state index in [0.29, 0.717) is 0 Å². The van der Waals surface area contributed by atoms with E-state index in [-0.39, 0.29) is 0 Å². The third-order valence-electron chi connectivity index (χ3n) is 5.95. The van der Waals surface area contributed by atoms with Crippen molar-refractivity contribution >= 4 is 48.3 Å². The molecule has 0 N–H and O–H groups in total. The van der Waals surface area contributed by atoms with Crippen LogP contribution in [-0.2, 0) is 0 Å². The van der Waals surface area contributed by atoms with Gasteiger partial charge in [0.25, 0.3) is 0 Å². The van der Waals surface area contributed by atoms with Crippen molar-refractivity contribution < 1.29 is 0 Å². The molecule has 3 aromatic rings. The normalized spacial score (nSPS) is 17.5. The van der Waals surface area contributed by atoms with E-state index in [0.717, 1.165) is 4.47 Å². The van der Waals surface area contributed by atoms with Crippen molar-refractivity contribution in [2.24, 2.45) is 0 Å². The molecule has 0 saturated heterocycles. The van der Waals surface area contributed by atoms with E-state index in [4.69, 9.17) is 0 Å². The SMILES string of the molecule is C[Si]1(C)c2ccccc2[Si](C)(C)N1/C=C(/c1ccccc1)c1ccc(Br)cc1. The second kappa shape index (κ2) is 7.18. The van der Waals surface area contributed by atoms with Gasteiger partial charge in [0.1, 0.15) is 0 Å². The highest BCUT2D eigenvalue weighted by Crippen LogP contribution is 2.32. The van der Waals surface area contributed by atoms with Crippen LogP contribution in [0.3, 0.4) is 0 Å². The summed E-state index contributed by atoms with van der Waals surface area (Å²) in [5, 5.41) is 3.21. The second-order valence-electron chi connectivity index (χ2n) is 8.45. The summed E-state index contributed by atoms with van der Waals surface area (Å²) in [5.41, 5.74) is 3.84. The van der Waals surface area contributed by atoms with Gasteiger partial charge in [-0.2, -0.15) is 0 Å². The first-order chi connectivity index (χ1) is 13.3. The zero-order chi connectivity index (χ0) is 19.9. The van der Waals surface area contributed by atoms with Crippen molar-refractivity contribution in [1.29, 1.82) is 0 Å². The zero-order valence-corrected chi connectivity index (χ0v) is 20.5. The van der Waals surface area contributed by atoms with Crippen LogP contribution in [-0.4, -0.2) is 20.7 Å². The summed E-state index contributed by atoms with van der Waals surface area (Å²) in [7, 11) is -3.51. The monoisotopic (exact) mass is 463 g/mol. The molecule has 1 heterocycles. The molecule has 0 spiro atoms. The van der Waals surface area contributed by atoms with Crippen molar-refractivity contribution in [2.75, 3.05) is 0 Å². The van der Waals surface area contributed by atoms with Gasteiger partial charge in [0.15, 0.2) is 16.5 Å². The Balaban J connectivity index is 1.91. The Kier molecular flexibility index (Phi) is 4.98. The Morgan fingerprint density at radius 1 is 0.679 bits per heavy atom. The van der Waals surface area contributed by atoms with Gasteiger partial charge >= 0.3 is 0 Å². The largest absolute Gasteiger partial charge is 0.423 e. The van der Waals surface area contributed by atoms with Gasteiger partial charge in [-0.15, -0.1) is 0 Å². The summed E-state index contributed by atoms with van der Waals surface area (Å²) < 4.78 is 3.91. The molecule has 0 aliphatic carbocycles. The fraction of sp³-hybridized carbons (Fsp3) is 0.167. The van der Waals surface area contributed by atoms with Crippen molar-refractivity contribution in [2.45, 2.75) is 26.2 Å². The number of nitrogens with zero attached hydrogens (tertiary/aromatic N) is 1. The van der Waals surface area contributed by atoms with Crippen molar-refractivity contribution in [3.05, 3.63) is 101 Å². The third-order valence-corrected chi connectivity index (χ3v) is 16.3. The van der Waals surface area contributed by atoms with Gasteiger partial charge in [0, 0.05) is 10.0 Å². The minimum atomic E-state index is -1.76. The van der Waals surface area contributed by atoms with Gasteiger partial charge in [0.2, 0.25) is 0 Å². The summed E-state index contributed by atoms with van der Waals surface area (Å²) in [6, 6.07) is 28.6. The maximum absolute atomic E-state index is 3.58. The van der Waals surface area contributed by atoms with E-state index in [1.807, 2.05) is 0 Å². The molecule has 0 fully saturated rings. The van der Waals surface area contributed by atoms with Gasteiger partial charge in [0.05, 0.1) is 0 Å². The van der Waals surface area contributed by atoms with Crippen LogP contribution in [0.2, 0.25) is 26.2 Å². The smallest absolute Gasteiger partial charge is 0.173 e. The van der Waals surface area contributed by atoms with E-state index >= 15 is 0 Å². The fourth-order valence-electron chi connectivity index (χ4n) is 4.52. The Morgan fingerprint density at radius 2 is 1.14 bits per heavy atom. The molecular formula is C24H26BrNSi2. The first-order valence-corrected chi connectivity index (χ1v) is 16.4. The Hall–Kier alpha value is -1.89. The summed E-state index contributed by atoms with van der Waals surface area (Å²) in [6.07, 6.45) is 2.48. The molecule has 28 heavy (non-hydrogen) atoms. The van der Waals surface area contributed by atoms with Crippen molar-refractivity contribution in [1.82, 2.24) is 4.23 Å². The van der Waals surface area contributed by atoms with Crippen LogP contribution in [0.1, 0.15) is 11.1 Å². The van der Waals surface area contributed by atoms with E-state index < -0.39 is 16.5 Å². The standard InChI is InChI=1S/C24H26BrNSi2/c1-27(2)23-12-8-9-13-24(23)28(3,4)26(27)18-22(19-10-6-5-7-11-19)20-14-16-21(25)17-15-20/h5-18H,1-4H3/b22-18-. The summed E-state index contributed by atoms with van der Waals surface area (Å²) >= 11 is 3.58. The van der Waals surface area contributed by atoms with Crippen LogP contribution >= 0.6 is 15.9 Å². The molecule has 1 nitrogen and oxygen atoms in total. The first-order valence-electron chi connectivity index (χ1n) is 9.74. The van der Waals surface area contributed by atoms with Crippen molar-refractivity contribution in [3.8, 4) is 0 Å². The number of benzene rings is 3. The molecule has 142 valence electrons. The molecule has 1 aliphatic rings. The molecule has 3 aromatic carbocycles. The molecule has 0 aromatic heterocycles. The minimum Gasteiger partial charge on any atom is -0.423 e. The Labute approximate surface area is 179 Å². The van der Waals surface area contributed by atoms with E-state index in [2.05, 4.69) is 131 Å². The summed E-state index contributed by atoms with van der Waals surface area (Å²) in [5.74, 6) is 0. The van der Waals surface area contributed by atoms with E-state index in [1.165, 1.54) is 16.7 Å². The zero-order valence-electron chi connectivity index (χ0n) is 16.9. The van der Waals surface area contributed by atoms with Gasteiger partial charge in [-0.05, 0) is 66.0 Å². The minimum absolute atomic E-state index is 1.11. The molecule has 0 saturated carbocycles. The van der Waals surface area contributed by atoms with Gasteiger partial charge in [-0.1, -0.05) is 82.7 Å². The lowest BCUT2D eigenvalue weighted by Crippen LogP contribution is -2.57. The van der Waals surface area contributed by atoms with Gasteiger partial charge in [-0.25, -0.2) is 0 Å². The van der Waals surface area contributed by atoms with E-state index in [9.17, 15) is 0 Å². The van der Waals surface area contributed by atoms with Gasteiger partial charge < -0.3 is 4.23 Å². The third kappa shape index (κ3) is 3.23. The average molecular weight is 465 g/mol. The molecule has 0 bridgehead atoms. The average Bonchev–Trinajstić information content (AvgIpc) is 2.84. The quantitative estimate of drug-likeness (QED) is 0.451. The number of fused-ring (bicyclic) bond motifs is 1. The molecular weight excluding hydrogens is 438 g/mol. The summed E-state index contributed by atoms with van der Waals surface area (Å²) in [6.45, 7) is 9.98. The lowest BCUT2D eigenvalue weighted by atomic mass is 9.99. The molecule has 4 heteroatoms. The number of hydrogen-bond donors (Lipinski definition) is 0. The molecule has 4 rings (SSSR count).